The number of hydrogen-bond donors (Lipinski definition) is 0. The summed E-state index contributed by atoms with van der Waals surface area (Å²) in [6.45, 7) is 12.2. The van der Waals surface area contributed by atoms with E-state index in [-0.39, 0.29) is 0 Å². The summed E-state index contributed by atoms with van der Waals surface area (Å²) in [5.74, 6) is 0. The fraction of sp³-hybridized carbons (Fsp3) is 0.400. The average Bonchev–Trinajstić information content (AvgIpc) is 2.76. The molecule has 0 bridgehead atoms. The number of halogens is 1. The van der Waals surface area contributed by atoms with Crippen molar-refractivity contribution in [3.63, 3.8) is 0 Å². The van der Waals surface area contributed by atoms with Crippen LogP contribution in [-0.4, -0.2) is 4.98 Å². The third kappa shape index (κ3) is 6.34. The molecule has 3 aromatic rings. The van der Waals surface area contributed by atoms with Gasteiger partial charge in [0.05, 0.1) is 22.6 Å². The monoisotopic (exact) mass is 399 g/mol. The molecule has 0 saturated heterocycles. The van der Waals surface area contributed by atoms with Gasteiger partial charge < -0.3 is 0 Å². The zero-order valence-electron chi connectivity index (χ0n) is 18.1. The first-order chi connectivity index (χ1) is 13.5. The fourth-order valence-corrected chi connectivity index (χ4v) is 3.21. The van der Waals surface area contributed by atoms with Gasteiger partial charge in [0.15, 0.2) is 0 Å². The van der Waals surface area contributed by atoms with Crippen molar-refractivity contribution in [2.75, 3.05) is 0 Å². The molecule has 3 rings (SSSR count). The van der Waals surface area contributed by atoms with Crippen LogP contribution in [0.15, 0.2) is 60.8 Å². The highest BCUT2D eigenvalue weighted by Crippen LogP contribution is 2.42. The van der Waals surface area contributed by atoms with Gasteiger partial charge in [-0.25, -0.2) is 0 Å². The van der Waals surface area contributed by atoms with Crippen LogP contribution in [0.2, 0.25) is 0 Å². The molecule has 3 heteroatoms. The molecule has 0 spiro atoms. The highest BCUT2D eigenvalue weighted by atomic mass is 32.2. The number of fused-ring (bicyclic) bond motifs is 1. The molecule has 2 aromatic carbocycles. The Balaban J connectivity index is 0.000000490. The van der Waals surface area contributed by atoms with Crippen LogP contribution in [-0.2, 0) is 4.75 Å². The van der Waals surface area contributed by atoms with E-state index in [2.05, 4.69) is 31.0 Å². The molecule has 0 unspecified atom stereocenters. The lowest BCUT2D eigenvalue weighted by Crippen LogP contribution is -2.12. The summed E-state index contributed by atoms with van der Waals surface area (Å²) in [4.78, 5) is 4.55. The maximum Gasteiger partial charge on any atom is 0.0783 e. The van der Waals surface area contributed by atoms with E-state index in [1.54, 1.807) is 0 Å². The van der Waals surface area contributed by atoms with E-state index in [0.717, 1.165) is 27.6 Å². The molecule has 0 fully saturated rings. The lowest BCUT2D eigenvalue weighted by atomic mass is 9.92. The topological polar surface area (TPSA) is 12.9 Å². The van der Waals surface area contributed by atoms with Gasteiger partial charge >= 0.3 is 0 Å². The minimum Gasteiger partial charge on any atom is -0.256 e. The largest absolute Gasteiger partial charge is 0.256 e. The Bertz CT molecular complexity index is 822. The van der Waals surface area contributed by atoms with Crippen LogP contribution in [0.25, 0.3) is 22.0 Å². The summed E-state index contributed by atoms with van der Waals surface area (Å²) < 4.78 is 12.8. The molecule has 0 amide bonds. The Morgan fingerprint density at radius 2 is 1.50 bits per heavy atom. The summed E-state index contributed by atoms with van der Waals surface area (Å²) in [5.41, 5.74) is 2.86. The Kier molecular flexibility index (Phi) is 10.8. The van der Waals surface area contributed by atoms with Gasteiger partial charge in [-0.1, -0.05) is 95.5 Å². The Morgan fingerprint density at radius 1 is 0.893 bits per heavy atom. The van der Waals surface area contributed by atoms with Gasteiger partial charge in [-0.3, -0.25) is 4.98 Å². The van der Waals surface area contributed by atoms with Crippen molar-refractivity contribution >= 4 is 22.9 Å². The maximum atomic E-state index is 13.4. The Hall–Kier alpha value is -1.87. The number of benzene rings is 2. The first-order valence-corrected chi connectivity index (χ1v) is 11.0. The summed E-state index contributed by atoms with van der Waals surface area (Å²) >= 11 is 0.367. The van der Waals surface area contributed by atoms with Crippen LogP contribution in [0, 0.1) is 0 Å². The second-order valence-electron chi connectivity index (χ2n) is 6.87. The number of rotatable bonds is 5. The smallest absolute Gasteiger partial charge is 0.0783 e. The highest BCUT2D eigenvalue weighted by molar-refractivity contribution is 7.95. The molecule has 0 N–H and O–H groups in total. The molecule has 0 atom stereocenters. The van der Waals surface area contributed by atoms with Crippen LogP contribution in [0.4, 0.5) is 3.89 Å². The molecule has 1 aromatic heterocycles. The van der Waals surface area contributed by atoms with Crippen molar-refractivity contribution in [2.45, 2.75) is 65.6 Å². The van der Waals surface area contributed by atoms with Crippen molar-refractivity contribution in [1.29, 1.82) is 0 Å². The lowest BCUT2D eigenvalue weighted by molar-refractivity contribution is 0.743. The van der Waals surface area contributed by atoms with E-state index in [4.69, 9.17) is 0 Å². The molecule has 152 valence electrons. The van der Waals surface area contributed by atoms with E-state index in [0.29, 0.717) is 12.1 Å². The summed E-state index contributed by atoms with van der Waals surface area (Å²) in [6.07, 6.45) is 5.89. The van der Waals surface area contributed by atoms with Gasteiger partial charge in [0.2, 0.25) is 0 Å². The maximum absolute atomic E-state index is 13.4. The molecule has 0 saturated carbocycles. The molecule has 1 heterocycles. The zero-order chi connectivity index (χ0) is 21.0. The third-order valence-corrected chi connectivity index (χ3v) is 5.01. The minimum atomic E-state index is -0.602. The fourth-order valence-electron chi connectivity index (χ4n) is 2.94. The van der Waals surface area contributed by atoms with Crippen LogP contribution in [0.3, 0.4) is 0 Å². The van der Waals surface area contributed by atoms with E-state index >= 15 is 0 Å². The van der Waals surface area contributed by atoms with Gasteiger partial charge in [0.25, 0.3) is 0 Å². The second-order valence-corrected chi connectivity index (χ2v) is 8.04. The third-order valence-electron chi connectivity index (χ3n) is 4.40. The van der Waals surface area contributed by atoms with Crippen LogP contribution in [0.5, 0.6) is 0 Å². The van der Waals surface area contributed by atoms with Crippen LogP contribution in [0.1, 0.15) is 66.4 Å². The molecular weight excluding hydrogens is 365 g/mol. The quantitative estimate of drug-likeness (QED) is 0.424. The van der Waals surface area contributed by atoms with Crippen LogP contribution >= 0.6 is 12.1 Å². The summed E-state index contributed by atoms with van der Waals surface area (Å²) in [5, 5.41) is 2.23. The average molecular weight is 400 g/mol. The van der Waals surface area contributed by atoms with Crippen molar-refractivity contribution < 1.29 is 3.89 Å². The first-order valence-electron chi connectivity index (χ1n) is 10.3. The van der Waals surface area contributed by atoms with Gasteiger partial charge in [0, 0.05) is 17.1 Å². The van der Waals surface area contributed by atoms with E-state index in [1.807, 2.05) is 76.4 Å². The van der Waals surface area contributed by atoms with Crippen LogP contribution < -0.4 is 0 Å². The Labute approximate surface area is 175 Å². The zero-order valence-corrected chi connectivity index (χ0v) is 18.9. The molecular formula is C25H34FNS. The van der Waals surface area contributed by atoms with Crippen molar-refractivity contribution in [3.05, 3.63) is 66.4 Å². The van der Waals surface area contributed by atoms with Gasteiger partial charge in [-0.05, 0) is 30.9 Å². The predicted molar refractivity (Wildman–Crippen MR) is 125 cm³/mol. The SMILES string of the molecule is CC.CC(C)(SF)c1ccccc1-c1nccc2ccccc12.CCCCC. The molecule has 0 aliphatic carbocycles. The first kappa shape index (κ1) is 24.2. The van der Waals surface area contributed by atoms with Gasteiger partial charge in [0.1, 0.15) is 0 Å². The van der Waals surface area contributed by atoms with E-state index < -0.39 is 4.75 Å². The predicted octanol–water partition coefficient (Wildman–Crippen LogP) is 8.98. The minimum absolute atomic E-state index is 0.367. The lowest BCUT2D eigenvalue weighted by Gasteiger charge is -2.23. The molecule has 0 aliphatic heterocycles. The molecule has 28 heavy (non-hydrogen) atoms. The second kappa shape index (κ2) is 12.6. The molecule has 0 radical (unpaired) electrons. The number of nitrogens with zero attached hydrogens (tertiary/aromatic N) is 1. The van der Waals surface area contributed by atoms with Crippen molar-refractivity contribution in [3.8, 4) is 11.3 Å². The highest BCUT2D eigenvalue weighted by Gasteiger charge is 2.26. The molecule has 1 nitrogen and oxygen atoms in total. The van der Waals surface area contributed by atoms with E-state index in [1.165, 1.54) is 19.3 Å². The Morgan fingerprint density at radius 3 is 2.11 bits per heavy atom. The normalized spacial score (nSPS) is 10.5. The number of unbranched alkanes of at least 4 members (excludes halogenated alkanes) is 2. The van der Waals surface area contributed by atoms with Crippen molar-refractivity contribution in [1.82, 2.24) is 4.98 Å². The molecule has 0 aliphatic rings. The van der Waals surface area contributed by atoms with Crippen molar-refractivity contribution in [2.24, 2.45) is 0 Å². The summed E-state index contributed by atoms with van der Waals surface area (Å²) in [6, 6.07) is 18.1. The summed E-state index contributed by atoms with van der Waals surface area (Å²) in [7, 11) is 0. The number of pyridine rings is 1. The number of aromatic nitrogens is 1. The van der Waals surface area contributed by atoms with Gasteiger partial charge in [-0.15, -0.1) is 0 Å². The van der Waals surface area contributed by atoms with E-state index in [9.17, 15) is 3.89 Å². The number of hydrogen-bond acceptors (Lipinski definition) is 2. The standard InChI is InChI=1S/C18H16FNS.C5H12.C2H6/c1-18(2,21-19)16-10-6-5-9-15(16)17-14-8-4-3-7-13(14)11-12-20-17;1-3-5-4-2;1-2/h3-12H,1-2H3;3-5H2,1-2H3;1-2H3. The van der Waals surface area contributed by atoms with Gasteiger partial charge in [-0.2, -0.15) is 3.89 Å².